The van der Waals surface area contributed by atoms with Crippen molar-refractivity contribution >= 4 is 11.5 Å². The fourth-order valence-electron chi connectivity index (χ4n) is 3.90. The van der Waals surface area contributed by atoms with Gasteiger partial charge >= 0.3 is 5.97 Å². The molecule has 2 heterocycles. The number of rotatable bonds is 3. The van der Waals surface area contributed by atoms with E-state index in [0.717, 1.165) is 12.0 Å². The third-order valence-corrected chi connectivity index (χ3v) is 4.95. The van der Waals surface area contributed by atoms with Crippen molar-refractivity contribution in [2.75, 3.05) is 0 Å². The summed E-state index contributed by atoms with van der Waals surface area (Å²) in [5, 5.41) is 0. The summed E-state index contributed by atoms with van der Waals surface area (Å²) in [6, 6.07) is 18.6. The zero-order valence-corrected chi connectivity index (χ0v) is 13.9. The molecule has 2 aromatic rings. The van der Waals surface area contributed by atoms with Crippen LogP contribution in [0.5, 0.6) is 0 Å². The van der Waals surface area contributed by atoms with E-state index in [0.29, 0.717) is 0 Å². The molecule has 0 amide bonds. The Hall–Kier alpha value is -2.39. The Bertz CT molecular complexity index is 809. The number of carbonyl (C=O) groups excluding carboxylic acids is 1. The first-order valence-corrected chi connectivity index (χ1v) is 8.32. The number of carbonyl (C=O) groups is 1. The van der Waals surface area contributed by atoms with E-state index < -0.39 is 5.60 Å². The lowest BCUT2D eigenvalue weighted by Gasteiger charge is -2.36. The van der Waals surface area contributed by atoms with Crippen molar-refractivity contribution in [3.8, 4) is 0 Å². The summed E-state index contributed by atoms with van der Waals surface area (Å²) in [4.78, 5) is 11.5. The van der Waals surface area contributed by atoms with E-state index >= 15 is 0 Å². The zero-order chi connectivity index (χ0) is 16.7. The summed E-state index contributed by atoms with van der Waals surface area (Å²) in [7, 11) is 0. The van der Waals surface area contributed by atoms with Crippen molar-refractivity contribution in [2.45, 2.75) is 38.1 Å². The zero-order valence-electron chi connectivity index (χ0n) is 13.9. The Morgan fingerprint density at radius 1 is 1.17 bits per heavy atom. The van der Waals surface area contributed by atoms with Gasteiger partial charge in [0.2, 0.25) is 0 Å². The molecule has 0 saturated heterocycles. The van der Waals surface area contributed by atoms with Gasteiger partial charge in [0, 0.05) is 13.3 Å². The van der Waals surface area contributed by atoms with Crippen molar-refractivity contribution in [2.24, 2.45) is 0 Å². The van der Waals surface area contributed by atoms with Gasteiger partial charge in [0.05, 0.1) is 6.10 Å². The minimum Gasteiger partial charge on any atom is -0.459 e. The second-order valence-electron chi connectivity index (χ2n) is 6.48. The molecule has 0 aliphatic carbocycles. The first kappa shape index (κ1) is 15.2. The normalized spacial score (nSPS) is 25.6. The topological polar surface area (TPSA) is 35.5 Å². The first-order chi connectivity index (χ1) is 11.6. The Labute approximate surface area is 141 Å². The minimum absolute atomic E-state index is 0.000542. The van der Waals surface area contributed by atoms with Crippen LogP contribution in [0.4, 0.5) is 0 Å². The molecule has 2 aliphatic heterocycles. The predicted molar refractivity (Wildman–Crippen MR) is 92.2 cm³/mol. The molecule has 4 rings (SSSR count). The van der Waals surface area contributed by atoms with E-state index in [4.69, 9.17) is 9.47 Å². The number of esters is 1. The van der Waals surface area contributed by atoms with Gasteiger partial charge in [-0.3, -0.25) is 4.79 Å². The van der Waals surface area contributed by atoms with Crippen LogP contribution in [-0.4, -0.2) is 12.1 Å². The van der Waals surface area contributed by atoms with Crippen molar-refractivity contribution in [3.63, 3.8) is 0 Å². The summed E-state index contributed by atoms with van der Waals surface area (Å²) in [5.41, 5.74) is 4.02. The Balaban J connectivity index is 1.86. The second-order valence-corrected chi connectivity index (χ2v) is 6.48. The monoisotopic (exact) mass is 320 g/mol. The maximum atomic E-state index is 11.5. The van der Waals surface area contributed by atoms with Gasteiger partial charge in [0.1, 0.15) is 11.7 Å². The van der Waals surface area contributed by atoms with Crippen LogP contribution in [0.15, 0.2) is 60.7 Å². The number of hydrogen-bond donors (Lipinski definition) is 0. The van der Waals surface area contributed by atoms with E-state index in [1.54, 1.807) is 0 Å². The van der Waals surface area contributed by atoms with Gasteiger partial charge in [-0.05, 0) is 35.3 Å². The largest absolute Gasteiger partial charge is 0.459 e. The summed E-state index contributed by atoms with van der Waals surface area (Å²) >= 11 is 0. The molecule has 0 saturated carbocycles. The van der Waals surface area contributed by atoms with Gasteiger partial charge in [-0.15, -0.1) is 0 Å². The molecular formula is C21H20O3. The second kappa shape index (κ2) is 5.60. The third kappa shape index (κ3) is 2.28. The van der Waals surface area contributed by atoms with Crippen LogP contribution in [-0.2, 0) is 19.9 Å². The highest BCUT2D eigenvalue weighted by Gasteiger charge is 2.51. The lowest BCUT2D eigenvalue weighted by atomic mass is 9.86. The van der Waals surface area contributed by atoms with Crippen LogP contribution < -0.4 is 0 Å². The van der Waals surface area contributed by atoms with Crippen molar-refractivity contribution in [1.29, 1.82) is 0 Å². The molecule has 0 N–H and O–H groups in total. The molecule has 1 unspecified atom stereocenters. The molecule has 3 nitrogen and oxygen atoms in total. The highest BCUT2D eigenvalue weighted by Crippen LogP contribution is 2.54. The Morgan fingerprint density at radius 3 is 2.62 bits per heavy atom. The average Bonchev–Trinajstić information content (AvgIpc) is 2.84. The van der Waals surface area contributed by atoms with Crippen molar-refractivity contribution in [1.82, 2.24) is 0 Å². The van der Waals surface area contributed by atoms with Crippen LogP contribution in [0.2, 0.25) is 0 Å². The molecule has 122 valence electrons. The Morgan fingerprint density at radius 2 is 1.88 bits per heavy atom. The fraction of sp³-hybridized carbons (Fsp3) is 0.286. The fourth-order valence-corrected chi connectivity index (χ4v) is 3.90. The van der Waals surface area contributed by atoms with Gasteiger partial charge in [0.25, 0.3) is 0 Å². The Kier molecular flexibility index (Phi) is 3.54. The first-order valence-electron chi connectivity index (χ1n) is 8.32. The maximum Gasteiger partial charge on any atom is 0.303 e. The molecule has 0 spiro atoms. The molecule has 3 heteroatoms. The summed E-state index contributed by atoms with van der Waals surface area (Å²) in [5.74, 6) is -0.290. The van der Waals surface area contributed by atoms with Gasteiger partial charge < -0.3 is 9.47 Å². The lowest BCUT2D eigenvalue weighted by Crippen LogP contribution is -2.40. The summed E-state index contributed by atoms with van der Waals surface area (Å²) in [6.45, 7) is 3.35. The molecule has 0 aromatic heterocycles. The molecule has 0 fully saturated rings. The average molecular weight is 320 g/mol. The SMILES string of the molecule is CC(=O)OC(C)[C@]12C=C(c3ccccc3)C[C@H](O1)c1ccccc12. The molecule has 3 atom stereocenters. The number of fused-ring (bicyclic) bond motifs is 5. The highest BCUT2D eigenvalue weighted by molar-refractivity contribution is 5.71. The molecule has 2 bridgehead atoms. The van der Waals surface area contributed by atoms with Crippen LogP contribution in [0.1, 0.15) is 43.1 Å². The summed E-state index contributed by atoms with van der Waals surface area (Å²) in [6.07, 6.45) is 2.59. The van der Waals surface area contributed by atoms with Crippen LogP contribution in [0.3, 0.4) is 0 Å². The van der Waals surface area contributed by atoms with Crippen LogP contribution in [0.25, 0.3) is 5.57 Å². The van der Waals surface area contributed by atoms with E-state index in [-0.39, 0.29) is 18.2 Å². The summed E-state index contributed by atoms with van der Waals surface area (Å²) < 4.78 is 12.0. The van der Waals surface area contributed by atoms with E-state index in [9.17, 15) is 4.79 Å². The molecule has 2 aromatic carbocycles. The standard InChI is InChI=1S/C21H20O3/c1-14(23-15(2)22)21-13-17(16-8-4-3-5-9-16)12-20(24-21)18-10-6-7-11-19(18)21/h3-11,13-14,20H,12H2,1-2H3/t14?,20-,21-/m0/s1. The smallest absolute Gasteiger partial charge is 0.303 e. The van der Waals surface area contributed by atoms with E-state index in [1.807, 2.05) is 37.3 Å². The number of hydrogen-bond acceptors (Lipinski definition) is 3. The molecule has 2 aliphatic rings. The number of ether oxygens (including phenoxy) is 2. The quantitative estimate of drug-likeness (QED) is 0.787. The third-order valence-electron chi connectivity index (χ3n) is 4.95. The van der Waals surface area contributed by atoms with E-state index in [2.05, 4.69) is 30.3 Å². The predicted octanol–water partition coefficient (Wildman–Crippen LogP) is 4.39. The van der Waals surface area contributed by atoms with Crippen molar-refractivity contribution in [3.05, 3.63) is 77.4 Å². The highest BCUT2D eigenvalue weighted by atomic mass is 16.6. The molecule has 0 radical (unpaired) electrons. The maximum absolute atomic E-state index is 11.5. The van der Waals surface area contributed by atoms with Gasteiger partial charge in [-0.1, -0.05) is 54.6 Å². The molecule has 24 heavy (non-hydrogen) atoms. The lowest BCUT2D eigenvalue weighted by molar-refractivity contribution is -0.167. The number of benzene rings is 2. The van der Waals surface area contributed by atoms with Gasteiger partial charge in [-0.25, -0.2) is 0 Å². The van der Waals surface area contributed by atoms with Gasteiger partial charge in [0.15, 0.2) is 0 Å². The van der Waals surface area contributed by atoms with E-state index in [1.165, 1.54) is 23.6 Å². The molecular weight excluding hydrogens is 300 g/mol. The van der Waals surface area contributed by atoms with Gasteiger partial charge in [-0.2, -0.15) is 0 Å². The minimum atomic E-state index is -0.712. The van der Waals surface area contributed by atoms with Crippen LogP contribution >= 0.6 is 0 Å². The van der Waals surface area contributed by atoms with Crippen molar-refractivity contribution < 1.29 is 14.3 Å². The van der Waals surface area contributed by atoms with Crippen LogP contribution in [0, 0.1) is 0 Å².